The van der Waals surface area contributed by atoms with E-state index in [4.69, 9.17) is 18.9 Å². The average molecular weight is 1240 g/mol. The van der Waals surface area contributed by atoms with Crippen molar-refractivity contribution < 1.29 is 39.4 Å². The van der Waals surface area contributed by atoms with Crippen LogP contribution in [0.5, 0.6) is 46.0 Å². The van der Waals surface area contributed by atoms with Crippen molar-refractivity contribution in [1.29, 1.82) is 0 Å². The predicted octanol–water partition coefficient (Wildman–Crippen LogP) is 18.3. The fraction of sp³-hybridized carbons (Fsp3) is 0.189. The SMILES string of the molecule is Oc1cc2c3cc1C(CCc1ccccc1)c1cc4c(cc1O)OC(c1ccc(Br)cc1)Oc1cc(O)c(cc1C4CCc1ccccc1)C(CCc1ccccc1)c1cc(c(cc1O)OC(c1ccc(Br)cc1)O2)C3CCc1ccccc1. The molecule has 10 aromatic carbocycles. The maximum absolute atomic E-state index is 12.9. The second-order valence-electron chi connectivity index (χ2n) is 22.3. The summed E-state index contributed by atoms with van der Waals surface area (Å²) < 4.78 is 30.1. The Morgan fingerprint density at radius 3 is 0.738 bits per heavy atom. The van der Waals surface area contributed by atoms with E-state index >= 15 is 0 Å². The van der Waals surface area contributed by atoms with Crippen LogP contribution in [-0.4, -0.2) is 20.4 Å². The summed E-state index contributed by atoms with van der Waals surface area (Å²) in [6.07, 6.45) is 2.77. The van der Waals surface area contributed by atoms with Gasteiger partial charge in [-0.15, -0.1) is 0 Å². The lowest BCUT2D eigenvalue weighted by molar-refractivity contribution is -0.000841. The van der Waals surface area contributed by atoms with E-state index in [1.54, 1.807) is 24.3 Å². The van der Waals surface area contributed by atoms with Gasteiger partial charge in [0.2, 0.25) is 0 Å². The molecule has 3 aliphatic rings. The molecule has 8 nitrogen and oxygen atoms in total. The molecule has 0 radical (unpaired) electrons. The quantitative estimate of drug-likeness (QED) is 0.0851. The van der Waals surface area contributed by atoms with Gasteiger partial charge in [0.15, 0.2) is 0 Å². The van der Waals surface area contributed by atoms with Gasteiger partial charge in [-0.25, -0.2) is 0 Å². The highest BCUT2D eigenvalue weighted by molar-refractivity contribution is 9.10. The molecule has 0 aromatic heterocycles. The molecule has 8 bridgehead atoms. The Balaban J connectivity index is 1.12. The first-order valence-electron chi connectivity index (χ1n) is 28.9. The molecule has 420 valence electrons. The molecule has 1 aliphatic carbocycles. The first-order valence-corrected chi connectivity index (χ1v) is 30.5. The highest BCUT2D eigenvalue weighted by atomic mass is 79.9. The number of benzene rings is 10. The number of phenolic OH excluding ortho intramolecular Hbond substituents is 4. The molecule has 4 N–H and O–H groups in total. The van der Waals surface area contributed by atoms with Crippen molar-refractivity contribution in [1.82, 2.24) is 0 Å². The number of rotatable bonds is 14. The molecule has 2 aliphatic heterocycles. The van der Waals surface area contributed by atoms with Gasteiger partial charge in [-0.1, -0.05) is 177 Å². The van der Waals surface area contributed by atoms with E-state index in [9.17, 15) is 20.4 Å². The third kappa shape index (κ3) is 11.5. The summed E-state index contributed by atoms with van der Waals surface area (Å²) in [6.45, 7) is 0. The van der Waals surface area contributed by atoms with Crippen molar-refractivity contribution >= 4 is 31.9 Å². The molecule has 10 heteroatoms. The van der Waals surface area contributed by atoms with E-state index in [1.165, 1.54) is 0 Å². The lowest BCUT2D eigenvalue weighted by Gasteiger charge is -2.35. The Kier molecular flexibility index (Phi) is 15.7. The van der Waals surface area contributed by atoms with Gasteiger partial charge in [0, 0.05) is 113 Å². The molecule has 0 saturated heterocycles. The molecule has 84 heavy (non-hydrogen) atoms. The number of halogens is 2. The number of hydrogen-bond donors (Lipinski definition) is 4. The minimum atomic E-state index is -1.01. The molecule has 0 unspecified atom stereocenters. The smallest absolute Gasteiger partial charge is 0.267 e. The number of aromatic hydroxyl groups is 4. The van der Waals surface area contributed by atoms with Crippen molar-refractivity contribution in [3.63, 3.8) is 0 Å². The summed E-state index contributed by atoms with van der Waals surface area (Å²) in [5.41, 5.74) is 11.7. The van der Waals surface area contributed by atoms with Crippen molar-refractivity contribution in [3.8, 4) is 46.0 Å². The minimum absolute atomic E-state index is 0.00893. The fourth-order valence-corrected chi connectivity index (χ4v) is 13.3. The maximum Gasteiger partial charge on any atom is 0.267 e. The molecule has 13 rings (SSSR count). The van der Waals surface area contributed by atoms with E-state index in [0.29, 0.717) is 96.6 Å². The van der Waals surface area contributed by atoms with Gasteiger partial charge in [0.1, 0.15) is 46.0 Å². The van der Waals surface area contributed by atoms with E-state index in [-0.39, 0.29) is 23.0 Å². The topological polar surface area (TPSA) is 118 Å². The Morgan fingerprint density at radius 1 is 0.274 bits per heavy atom. The van der Waals surface area contributed by atoms with Crippen molar-refractivity contribution in [3.05, 3.63) is 305 Å². The van der Waals surface area contributed by atoms with Crippen LogP contribution in [0.4, 0.5) is 0 Å². The van der Waals surface area contributed by atoms with Gasteiger partial charge in [0.25, 0.3) is 12.6 Å². The van der Waals surface area contributed by atoms with Gasteiger partial charge >= 0.3 is 0 Å². The highest BCUT2D eigenvalue weighted by Crippen LogP contribution is 2.55. The summed E-state index contributed by atoms with van der Waals surface area (Å²) in [4.78, 5) is 0. The summed E-state index contributed by atoms with van der Waals surface area (Å²) in [7, 11) is 0. The Hall–Kier alpha value is -8.44. The number of ether oxygens (including phenoxy) is 4. The predicted molar refractivity (Wildman–Crippen MR) is 335 cm³/mol. The Labute approximate surface area is 506 Å². The molecule has 0 fully saturated rings. The van der Waals surface area contributed by atoms with Gasteiger partial charge in [-0.2, -0.15) is 0 Å². The fourth-order valence-electron chi connectivity index (χ4n) is 12.8. The first-order chi connectivity index (χ1) is 41.1. The van der Waals surface area contributed by atoms with E-state index in [2.05, 4.69) is 129 Å². The number of hydrogen-bond acceptors (Lipinski definition) is 8. The van der Waals surface area contributed by atoms with E-state index < -0.39 is 36.3 Å². The van der Waals surface area contributed by atoms with Gasteiger partial charge in [-0.3, -0.25) is 0 Å². The lowest BCUT2D eigenvalue weighted by atomic mass is 9.76. The molecule has 10 aromatic rings. The van der Waals surface area contributed by atoms with Crippen LogP contribution < -0.4 is 18.9 Å². The van der Waals surface area contributed by atoms with Crippen LogP contribution in [0, 0.1) is 0 Å². The number of aryl methyl sites for hydroxylation is 4. The largest absolute Gasteiger partial charge is 0.508 e. The standard InChI is InChI=1S/C74H62Br2O8/c75-51-29-25-49(26-30-51)73-81-69-41-65(77)57-37-61(69)55(35-23-47-17-9-3-10-18-47)63-39-59(67(79)43-71(63)83-73)54(34-22-46-15-7-2-8-16-46)60-40-64-56(36-24-48-19-11-4-12-20-48)62-38-58(53(57)33-21-45-13-5-1-6-14-45)66(78)42-70(62)82-74(84-72(64)44-68(60)80)50-27-31-52(76)32-28-50/h1-20,25-32,37-44,53-56,73-74,77-80H,21-24,33-36H2. The normalized spacial score (nSPS) is 18.4. The van der Waals surface area contributed by atoms with Crippen LogP contribution in [0.1, 0.15) is 140 Å². The van der Waals surface area contributed by atoms with Gasteiger partial charge < -0.3 is 39.4 Å². The van der Waals surface area contributed by atoms with Crippen LogP contribution in [0.3, 0.4) is 0 Å². The highest BCUT2D eigenvalue weighted by Gasteiger charge is 2.38. The molecule has 0 saturated carbocycles. The summed E-state index contributed by atoms with van der Waals surface area (Å²) >= 11 is 7.24. The van der Waals surface area contributed by atoms with Crippen LogP contribution in [0.25, 0.3) is 0 Å². The minimum Gasteiger partial charge on any atom is -0.508 e. The van der Waals surface area contributed by atoms with Crippen molar-refractivity contribution in [2.45, 2.75) is 87.6 Å². The summed E-state index contributed by atoms with van der Waals surface area (Å²) in [5, 5.41) is 51.7. The lowest BCUT2D eigenvalue weighted by Crippen LogP contribution is -2.22. The zero-order chi connectivity index (χ0) is 57.3. The van der Waals surface area contributed by atoms with Crippen LogP contribution in [0.2, 0.25) is 0 Å². The molecular weight excluding hydrogens is 1180 g/mol. The second kappa shape index (κ2) is 24.0. The van der Waals surface area contributed by atoms with Gasteiger partial charge in [-0.05, 0) is 122 Å². The second-order valence-corrected chi connectivity index (χ2v) is 24.2. The molecule has 0 spiro atoms. The summed E-state index contributed by atoms with van der Waals surface area (Å²) in [6, 6.07) is 72.2. The zero-order valence-electron chi connectivity index (χ0n) is 46.1. The van der Waals surface area contributed by atoms with Gasteiger partial charge in [0.05, 0.1) is 0 Å². The van der Waals surface area contributed by atoms with Crippen LogP contribution in [0.15, 0.2) is 227 Å². The molecule has 0 atom stereocenters. The number of fused-ring (bicyclic) bond motifs is 4. The summed E-state index contributed by atoms with van der Waals surface area (Å²) in [5.74, 6) is -0.190. The Bertz CT molecular complexity index is 3570. The van der Waals surface area contributed by atoms with Crippen LogP contribution >= 0.6 is 31.9 Å². The van der Waals surface area contributed by atoms with E-state index in [0.717, 1.165) is 64.6 Å². The third-order valence-corrected chi connectivity index (χ3v) is 18.2. The molecule has 0 amide bonds. The zero-order valence-corrected chi connectivity index (χ0v) is 49.3. The monoisotopic (exact) mass is 1240 g/mol. The maximum atomic E-state index is 12.9. The molecular formula is C74H62Br2O8. The van der Waals surface area contributed by atoms with E-state index in [1.807, 2.05) is 97.1 Å². The Morgan fingerprint density at radius 2 is 0.500 bits per heavy atom. The average Bonchev–Trinajstić information content (AvgIpc) is 1.79. The first kappa shape index (κ1) is 54.8. The third-order valence-electron chi connectivity index (χ3n) is 17.1. The van der Waals surface area contributed by atoms with Crippen molar-refractivity contribution in [2.75, 3.05) is 0 Å². The van der Waals surface area contributed by atoms with Crippen molar-refractivity contribution in [2.24, 2.45) is 0 Å². The molecule has 2 heterocycles. The number of phenols is 4. The van der Waals surface area contributed by atoms with Crippen LogP contribution in [-0.2, 0) is 25.7 Å².